The van der Waals surface area contributed by atoms with Crippen LogP contribution in [0.2, 0.25) is 5.02 Å². The van der Waals surface area contributed by atoms with Gasteiger partial charge in [0.25, 0.3) is 0 Å². The number of halogens is 1. The Hall–Kier alpha value is -0.530. The Morgan fingerprint density at radius 2 is 2.00 bits per heavy atom. The third-order valence-corrected chi connectivity index (χ3v) is 2.72. The van der Waals surface area contributed by atoms with Gasteiger partial charge in [-0.15, -0.1) is 0 Å². The fourth-order valence-electron chi connectivity index (χ4n) is 1.55. The summed E-state index contributed by atoms with van der Waals surface area (Å²) in [7, 11) is 1.70. The highest BCUT2D eigenvalue weighted by atomic mass is 35.5. The Labute approximate surface area is 97.4 Å². The summed E-state index contributed by atoms with van der Waals surface area (Å²) < 4.78 is 5.04. The molecule has 1 fully saturated rings. The molecule has 15 heavy (non-hydrogen) atoms. The quantitative estimate of drug-likeness (QED) is 0.743. The molecule has 0 unspecified atom stereocenters. The smallest absolute Gasteiger partial charge is 0.0713 e. The van der Waals surface area contributed by atoms with Crippen molar-refractivity contribution in [3.8, 4) is 0 Å². The highest BCUT2D eigenvalue weighted by Gasteiger charge is 2.25. The minimum atomic E-state index is 0.644. The maximum atomic E-state index is 6.14. The van der Waals surface area contributed by atoms with Crippen molar-refractivity contribution in [2.75, 3.05) is 7.11 Å². The van der Waals surface area contributed by atoms with Gasteiger partial charge in [-0.05, 0) is 36.0 Å². The van der Waals surface area contributed by atoms with Crippen molar-refractivity contribution in [3.05, 3.63) is 34.3 Å². The van der Waals surface area contributed by atoms with Crippen LogP contribution in [-0.4, -0.2) is 7.11 Å². The van der Waals surface area contributed by atoms with E-state index in [1.165, 1.54) is 18.4 Å². The number of hydrogen-bond acceptors (Lipinski definition) is 1. The van der Waals surface area contributed by atoms with E-state index in [1.807, 2.05) is 19.9 Å². The number of hydrogen-bond donors (Lipinski definition) is 0. The van der Waals surface area contributed by atoms with Gasteiger partial charge >= 0.3 is 0 Å². The van der Waals surface area contributed by atoms with Crippen molar-refractivity contribution in [2.45, 2.75) is 39.2 Å². The molecule has 1 aromatic carbocycles. The van der Waals surface area contributed by atoms with Crippen molar-refractivity contribution in [1.29, 1.82) is 0 Å². The molecule has 0 atom stereocenters. The molecule has 2 rings (SSSR count). The third-order valence-electron chi connectivity index (χ3n) is 2.39. The molecule has 0 bridgehead atoms. The summed E-state index contributed by atoms with van der Waals surface area (Å²) in [4.78, 5) is 0. The van der Waals surface area contributed by atoms with Gasteiger partial charge in [-0.1, -0.05) is 37.6 Å². The maximum Gasteiger partial charge on any atom is 0.0713 e. The molecule has 0 heterocycles. The van der Waals surface area contributed by atoms with Crippen LogP contribution in [0.3, 0.4) is 0 Å². The molecule has 0 amide bonds. The summed E-state index contributed by atoms with van der Waals surface area (Å²) >= 11 is 6.14. The van der Waals surface area contributed by atoms with Gasteiger partial charge < -0.3 is 4.74 Å². The molecule has 0 spiro atoms. The molecule has 1 aromatic rings. The molecule has 1 nitrogen and oxygen atoms in total. The average Bonchev–Trinajstić information content (AvgIpc) is 3.05. The van der Waals surface area contributed by atoms with E-state index < -0.39 is 0 Å². The maximum absolute atomic E-state index is 6.14. The molecule has 2 heteroatoms. The molecule has 84 valence electrons. The summed E-state index contributed by atoms with van der Waals surface area (Å²) in [6, 6.07) is 6.25. The fourth-order valence-corrected chi connectivity index (χ4v) is 1.91. The van der Waals surface area contributed by atoms with Crippen LogP contribution in [0.15, 0.2) is 18.2 Å². The second-order valence-electron chi connectivity index (χ2n) is 3.56. The normalized spacial score (nSPS) is 14.4. The van der Waals surface area contributed by atoms with Crippen LogP contribution in [-0.2, 0) is 11.3 Å². The first-order valence-electron chi connectivity index (χ1n) is 5.58. The van der Waals surface area contributed by atoms with E-state index in [4.69, 9.17) is 16.3 Å². The zero-order chi connectivity index (χ0) is 11.3. The van der Waals surface area contributed by atoms with E-state index in [1.54, 1.807) is 7.11 Å². The minimum absolute atomic E-state index is 0.644. The predicted octanol–water partition coefficient (Wildman–Crippen LogP) is 4.39. The predicted molar refractivity (Wildman–Crippen MR) is 65.5 cm³/mol. The van der Waals surface area contributed by atoms with Crippen molar-refractivity contribution in [2.24, 2.45) is 0 Å². The molecule has 1 aliphatic rings. The van der Waals surface area contributed by atoms with E-state index in [2.05, 4.69) is 12.1 Å². The molecular weight excluding hydrogens is 208 g/mol. The summed E-state index contributed by atoms with van der Waals surface area (Å²) in [5.41, 5.74) is 2.46. The van der Waals surface area contributed by atoms with Gasteiger partial charge in [0.15, 0.2) is 0 Å². The lowest BCUT2D eigenvalue weighted by molar-refractivity contribution is 0.185. The second-order valence-corrected chi connectivity index (χ2v) is 3.97. The molecule has 1 saturated carbocycles. The number of methoxy groups -OCH3 is 1. The number of benzene rings is 1. The first-order chi connectivity index (χ1) is 7.31. The van der Waals surface area contributed by atoms with E-state index >= 15 is 0 Å². The Morgan fingerprint density at radius 3 is 2.47 bits per heavy atom. The topological polar surface area (TPSA) is 9.23 Å². The van der Waals surface area contributed by atoms with Crippen LogP contribution in [0.1, 0.15) is 43.7 Å². The van der Waals surface area contributed by atoms with Crippen LogP contribution >= 0.6 is 11.6 Å². The molecule has 0 radical (unpaired) electrons. The lowest BCUT2D eigenvalue weighted by Gasteiger charge is -2.04. The third kappa shape index (κ3) is 3.51. The average molecular weight is 227 g/mol. The van der Waals surface area contributed by atoms with Crippen molar-refractivity contribution in [3.63, 3.8) is 0 Å². The van der Waals surface area contributed by atoms with E-state index in [0.29, 0.717) is 6.61 Å². The molecule has 0 aromatic heterocycles. The minimum Gasteiger partial charge on any atom is -0.380 e. The van der Waals surface area contributed by atoms with Crippen molar-refractivity contribution < 1.29 is 4.74 Å². The van der Waals surface area contributed by atoms with Crippen molar-refractivity contribution >= 4 is 11.6 Å². The molecule has 0 saturated heterocycles. The van der Waals surface area contributed by atoms with Gasteiger partial charge in [0.2, 0.25) is 0 Å². The Balaban J connectivity index is 0.000000531. The molecule has 0 aliphatic heterocycles. The van der Waals surface area contributed by atoms with Gasteiger partial charge in [-0.25, -0.2) is 0 Å². The van der Waals surface area contributed by atoms with Crippen LogP contribution in [0.5, 0.6) is 0 Å². The first kappa shape index (κ1) is 12.5. The summed E-state index contributed by atoms with van der Waals surface area (Å²) in [5, 5.41) is 0.900. The summed E-state index contributed by atoms with van der Waals surface area (Å²) in [6.07, 6.45) is 2.59. The number of ether oxygens (including phenoxy) is 1. The van der Waals surface area contributed by atoms with Crippen LogP contribution < -0.4 is 0 Å². The molecular formula is C13H19ClO. The Bertz CT molecular complexity index is 305. The fraction of sp³-hybridized carbons (Fsp3) is 0.538. The highest BCUT2D eigenvalue weighted by molar-refractivity contribution is 6.31. The van der Waals surface area contributed by atoms with Gasteiger partial charge in [-0.3, -0.25) is 0 Å². The van der Waals surface area contributed by atoms with Gasteiger partial charge in [0.05, 0.1) is 6.61 Å². The van der Waals surface area contributed by atoms with Crippen LogP contribution in [0.4, 0.5) is 0 Å². The monoisotopic (exact) mass is 226 g/mol. The first-order valence-corrected chi connectivity index (χ1v) is 5.96. The zero-order valence-corrected chi connectivity index (χ0v) is 10.5. The van der Waals surface area contributed by atoms with Gasteiger partial charge in [0.1, 0.15) is 0 Å². The Morgan fingerprint density at radius 1 is 1.33 bits per heavy atom. The zero-order valence-electron chi connectivity index (χ0n) is 9.72. The Kier molecular flexibility index (Phi) is 5.13. The number of rotatable bonds is 3. The second kappa shape index (κ2) is 6.14. The highest BCUT2D eigenvalue weighted by Crippen LogP contribution is 2.43. The lowest BCUT2D eigenvalue weighted by atomic mass is 10.1. The van der Waals surface area contributed by atoms with E-state index in [0.717, 1.165) is 16.5 Å². The summed E-state index contributed by atoms with van der Waals surface area (Å²) in [5.74, 6) is 0.726. The van der Waals surface area contributed by atoms with Gasteiger partial charge in [-0.2, -0.15) is 0 Å². The van der Waals surface area contributed by atoms with Crippen LogP contribution in [0.25, 0.3) is 0 Å². The molecule has 0 N–H and O–H groups in total. The van der Waals surface area contributed by atoms with Gasteiger partial charge in [0, 0.05) is 12.1 Å². The van der Waals surface area contributed by atoms with E-state index in [-0.39, 0.29) is 0 Å². The summed E-state index contributed by atoms with van der Waals surface area (Å²) in [6.45, 7) is 4.64. The largest absolute Gasteiger partial charge is 0.380 e. The van der Waals surface area contributed by atoms with Crippen LogP contribution in [0, 0.1) is 0 Å². The van der Waals surface area contributed by atoms with E-state index in [9.17, 15) is 0 Å². The SMILES string of the molecule is CC.COCc1ccc(C2CC2)c(Cl)c1. The standard InChI is InChI=1S/C11H13ClO.C2H6/c1-13-7-8-2-5-10(9-3-4-9)11(12)6-8;1-2/h2,5-6,9H,3-4,7H2,1H3;1-2H3. The van der Waals surface area contributed by atoms with Crippen molar-refractivity contribution in [1.82, 2.24) is 0 Å². The lowest BCUT2D eigenvalue weighted by Crippen LogP contribution is -1.89. The molecule has 1 aliphatic carbocycles.